The zero-order valence-corrected chi connectivity index (χ0v) is 15.1. The van der Waals surface area contributed by atoms with Gasteiger partial charge in [-0.3, -0.25) is 14.6 Å². The highest BCUT2D eigenvalue weighted by molar-refractivity contribution is 6.01. The third-order valence-corrected chi connectivity index (χ3v) is 4.45. The van der Waals surface area contributed by atoms with Crippen LogP contribution >= 0.6 is 0 Å². The second kappa shape index (κ2) is 7.99. The first kappa shape index (κ1) is 17.9. The van der Waals surface area contributed by atoms with Crippen molar-refractivity contribution in [3.63, 3.8) is 0 Å². The van der Waals surface area contributed by atoms with Crippen molar-refractivity contribution in [3.8, 4) is 5.75 Å². The van der Waals surface area contributed by atoms with Gasteiger partial charge in [0.25, 0.3) is 0 Å². The van der Waals surface area contributed by atoms with Crippen LogP contribution in [0.1, 0.15) is 18.9 Å². The van der Waals surface area contributed by atoms with Crippen LogP contribution in [0.25, 0.3) is 0 Å². The number of ether oxygens (including phenoxy) is 1. The van der Waals surface area contributed by atoms with Crippen LogP contribution in [0.2, 0.25) is 0 Å². The number of amides is 2. The Morgan fingerprint density at radius 2 is 2.12 bits per heavy atom. The van der Waals surface area contributed by atoms with E-state index in [1.165, 1.54) is 0 Å². The summed E-state index contributed by atoms with van der Waals surface area (Å²) in [5.74, 6) is 0.239. The zero-order chi connectivity index (χ0) is 18.5. The molecule has 2 aromatic rings. The smallest absolute Gasteiger partial charge is 0.228 e. The van der Waals surface area contributed by atoms with Gasteiger partial charge >= 0.3 is 0 Å². The summed E-state index contributed by atoms with van der Waals surface area (Å²) in [5.41, 5.74) is 1.69. The molecule has 1 aromatic carbocycles. The maximum atomic E-state index is 12.8. The van der Waals surface area contributed by atoms with Crippen LogP contribution in [0.5, 0.6) is 5.75 Å². The van der Waals surface area contributed by atoms with Crippen LogP contribution < -0.4 is 9.64 Å². The maximum Gasteiger partial charge on any atom is 0.228 e. The SMILES string of the molecule is CCOc1ccccc1N1C[C@H](C(=O)N(C)Cc2cccnc2)CC1=O. The largest absolute Gasteiger partial charge is 0.492 e. The van der Waals surface area contributed by atoms with Crippen molar-refractivity contribution in [1.82, 2.24) is 9.88 Å². The minimum atomic E-state index is -0.348. The first-order chi connectivity index (χ1) is 12.6. The van der Waals surface area contributed by atoms with E-state index in [9.17, 15) is 9.59 Å². The summed E-state index contributed by atoms with van der Waals surface area (Å²) >= 11 is 0. The van der Waals surface area contributed by atoms with Gasteiger partial charge in [0.1, 0.15) is 5.75 Å². The fraction of sp³-hybridized carbons (Fsp3) is 0.350. The molecule has 1 aliphatic rings. The molecule has 6 nitrogen and oxygen atoms in total. The van der Waals surface area contributed by atoms with Crippen molar-refractivity contribution < 1.29 is 14.3 Å². The van der Waals surface area contributed by atoms with E-state index in [-0.39, 0.29) is 24.2 Å². The first-order valence-corrected chi connectivity index (χ1v) is 8.76. The van der Waals surface area contributed by atoms with Crippen LogP contribution in [-0.4, -0.2) is 41.9 Å². The van der Waals surface area contributed by atoms with Gasteiger partial charge in [-0.1, -0.05) is 18.2 Å². The number of hydrogen-bond acceptors (Lipinski definition) is 4. The van der Waals surface area contributed by atoms with Crippen molar-refractivity contribution in [2.24, 2.45) is 5.92 Å². The number of nitrogens with zero attached hydrogens (tertiary/aromatic N) is 3. The van der Waals surface area contributed by atoms with Gasteiger partial charge in [-0.05, 0) is 30.7 Å². The number of pyridine rings is 1. The van der Waals surface area contributed by atoms with E-state index in [0.29, 0.717) is 25.4 Å². The average Bonchev–Trinajstić information content (AvgIpc) is 3.04. The van der Waals surface area contributed by atoms with E-state index >= 15 is 0 Å². The number of para-hydroxylation sites is 2. The standard InChI is InChI=1S/C20H23N3O3/c1-3-26-18-9-5-4-8-17(18)23-14-16(11-19(23)24)20(25)22(2)13-15-7-6-10-21-12-15/h4-10,12,16H,3,11,13-14H2,1-2H3/t16-/m1/s1. The minimum absolute atomic E-state index is 0.0291. The molecule has 1 fully saturated rings. The Hall–Kier alpha value is -2.89. The van der Waals surface area contributed by atoms with Crippen molar-refractivity contribution in [3.05, 3.63) is 54.4 Å². The van der Waals surface area contributed by atoms with Gasteiger partial charge in [0, 0.05) is 39.0 Å². The number of aromatic nitrogens is 1. The predicted octanol–water partition coefficient (Wildman–Crippen LogP) is 2.49. The molecule has 1 atom stereocenters. The second-order valence-electron chi connectivity index (χ2n) is 6.36. The van der Waals surface area contributed by atoms with Gasteiger partial charge in [-0.15, -0.1) is 0 Å². The number of benzene rings is 1. The molecule has 0 radical (unpaired) electrons. The second-order valence-corrected chi connectivity index (χ2v) is 6.36. The maximum absolute atomic E-state index is 12.8. The van der Waals surface area contributed by atoms with E-state index in [4.69, 9.17) is 4.74 Å². The Morgan fingerprint density at radius 3 is 2.85 bits per heavy atom. The van der Waals surface area contributed by atoms with Gasteiger partial charge in [0.15, 0.2) is 0 Å². The van der Waals surface area contributed by atoms with Gasteiger partial charge in [0.05, 0.1) is 18.2 Å². The lowest BCUT2D eigenvalue weighted by atomic mass is 10.1. The summed E-state index contributed by atoms with van der Waals surface area (Å²) < 4.78 is 5.62. The lowest BCUT2D eigenvalue weighted by molar-refractivity contribution is -0.135. The molecule has 2 heterocycles. The summed E-state index contributed by atoms with van der Waals surface area (Å²) in [6.45, 7) is 3.28. The third kappa shape index (κ3) is 3.85. The molecular formula is C20H23N3O3. The van der Waals surface area contributed by atoms with E-state index < -0.39 is 0 Å². The molecule has 0 saturated carbocycles. The summed E-state index contributed by atoms with van der Waals surface area (Å²) in [4.78, 5) is 32.7. The molecule has 0 unspecified atom stereocenters. The fourth-order valence-electron chi connectivity index (χ4n) is 3.22. The van der Waals surface area contributed by atoms with Crippen LogP contribution in [0.3, 0.4) is 0 Å². The predicted molar refractivity (Wildman–Crippen MR) is 98.8 cm³/mol. The Morgan fingerprint density at radius 1 is 1.31 bits per heavy atom. The van der Waals surface area contributed by atoms with Crippen molar-refractivity contribution in [2.45, 2.75) is 19.9 Å². The molecule has 1 aromatic heterocycles. The van der Waals surface area contributed by atoms with E-state index in [1.807, 2.05) is 43.3 Å². The summed E-state index contributed by atoms with van der Waals surface area (Å²) in [6, 6.07) is 11.2. The van der Waals surface area contributed by atoms with Crippen molar-refractivity contribution in [1.29, 1.82) is 0 Å². The Balaban J connectivity index is 1.70. The Kier molecular flexibility index (Phi) is 5.51. The number of anilines is 1. The van der Waals surface area contributed by atoms with Gasteiger partial charge in [-0.25, -0.2) is 0 Å². The van der Waals surface area contributed by atoms with Gasteiger partial charge < -0.3 is 14.5 Å². The highest BCUT2D eigenvalue weighted by Gasteiger charge is 2.37. The van der Waals surface area contributed by atoms with Gasteiger partial charge in [-0.2, -0.15) is 0 Å². The molecule has 6 heteroatoms. The van der Waals surface area contributed by atoms with E-state index in [0.717, 1.165) is 11.3 Å². The molecule has 1 aliphatic heterocycles. The molecule has 2 amide bonds. The van der Waals surface area contributed by atoms with Crippen LogP contribution in [0.15, 0.2) is 48.8 Å². The Bertz CT molecular complexity index is 779. The topological polar surface area (TPSA) is 62.7 Å². The Labute approximate surface area is 153 Å². The molecule has 0 bridgehead atoms. The monoisotopic (exact) mass is 353 g/mol. The molecule has 136 valence electrons. The lowest BCUT2D eigenvalue weighted by Crippen LogP contribution is -2.34. The summed E-state index contributed by atoms with van der Waals surface area (Å²) in [5, 5.41) is 0. The van der Waals surface area contributed by atoms with Crippen molar-refractivity contribution in [2.75, 3.05) is 25.1 Å². The molecular weight excluding hydrogens is 330 g/mol. The van der Waals surface area contributed by atoms with E-state index in [1.54, 1.807) is 29.2 Å². The van der Waals surface area contributed by atoms with Crippen LogP contribution in [-0.2, 0) is 16.1 Å². The molecule has 26 heavy (non-hydrogen) atoms. The van der Waals surface area contributed by atoms with Crippen molar-refractivity contribution >= 4 is 17.5 Å². The number of carbonyl (C=O) groups excluding carboxylic acids is 2. The summed E-state index contributed by atoms with van der Waals surface area (Å²) in [6.07, 6.45) is 3.67. The summed E-state index contributed by atoms with van der Waals surface area (Å²) in [7, 11) is 1.76. The molecule has 0 spiro atoms. The quantitative estimate of drug-likeness (QED) is 0.800. The normalized spacial score (nSPS) is 16.6. The number of rotatable bonds is 6. The van der Waals surface area contributed by atoms with Crippen LogP contribution in [0, 0.1) is 5.92 Å². The zero-order valence-electron chi connectivity index (χ0n) is 15.1. The number of hydrogen-bond donors (Lipinski definition) is 0. The molecule has 0 N–H and O–H groups in total. The van der Waals surface area contributed by atoms with Gasteiger partial charge in [0.2, 0.25) is 11.8 Å². The molecule has 1 saturated heterocycles. The average molecular weight is 353 g/mol. The number of carbonyl (C=O) groups is 2. The minimum Gasteiger partial charge on any atom is -0.492 e. The highest BCUT2D eigenvalue weighted by atomic mass is 16.5. The third-order valence-electron chi connectivity index (χ3n) is 4.45. The molecule has 0 aliphatic carbocycles. The van der Waals surface area contributed by atoms with E-state index in [2.05, 4.69) is 4.98 Å². The molecule has 3 rings (SSSR count). The fourth-order valence-corrected chi connectivity index (χ4v) is 3.22. The van der Waals surface area contributed by atoms with Crippen LogP contribution in [0.4, 0.5) is 5.69 Å². The highest BCUT2D eigenvalue weighted by Crippen LogP contribution is 2.33. The lowest BCUT2D eigenvalue weighted by Gasteiger charge is -2.22. The first-order valence-electron chi connectivity index (χ1n) is 8.76.